The summed E-state index contributed by atoms with van der Waals surface area (Å²) < 4.78 is 44.8. The van der Waals surface area contributed by atoms with Crippen molar-refractivity contribution in [2.24, 2.45) is 5.92 Å². The third-order valence-electron chi connectivity index (χ3n) is 3.20. The van der Waals surface area contributed by atoms with E-state index in [-0.39, 0.29) is 31.1 Å². The summed E-state index contributed by atoms with van der Waals surface area (Å²) in [5.74, 6) is -2.98. The minimum atomic E-state index is -2.58. The summed E-state index contributed by atoms with van der Waals surface area (Å²) in [6.45, 7) is 0.193. The minimum absolute atomic E-state index is 0.0417. The van der Waals surface area contributed by atoms with Crippen LogP contribution in [0.2, 0.25) is 0 Å². The molecule has 0 aromatic heterocycles. The summed E-state index contributed by atoms with van der Waals surface area (Å²) in [4.78, 5) is 0. The molecule has 0 saturated heterocycles. The molecule has 100 valence electrons. The van der Waals surface area contributed by atoms with Gasteiger partial charge in [0.25, 0.3) is 0 Å². The largest absolute Gasteiger partial charge is 0.493 e. The molecule has 1 aliphatic carbocycles. The zero-order valence-electron chi connectivity index (χ0n) is 9.96. The van der Waals surface area contributed by atoms with Crippen molar-refractivity contribution in [1.29, 1.82) is 0 Å². The number of nitrogen functional groups attached to an aromatic ring is 1. The topological polar surface area (TPSA) is 35.2 Å². The van der Waals surface area contributed by atoms with Crippen molar-refractivity contribution >= 4 is 5.69 Å². The molecular weight excluding hydrogens is 243 g/mol. The second kappa shape index (κ2) is 5.08. The summed E-state index contributed by atoms with van der Waals surface area (Å²) in [5.41, 5.74) is 5.38. The van der Waals surface area contributed by atoms with Crippen LogP contribution in [0, 0.1) is 11.7 Å². The fraction of sp³-hybridized carbons (Fsp3) is 0.538. The lowest BCUT2D eigenvalue weighted by Gasteiger charge is -2.28. The Morgan fingerprint density at radius 2 is 2.17 bits per heavy atom. The molecule has 1 aromatic carbocycles. The van der Waals surface area contributed by atoms with Gasteiger partial charge in [0.1, 0.15) is 11.6 Å². The van der Waals surface area contributed by atoms with Gasteiger partial charge in [-0.25, -0.2) is 13.2 Å². The Morgan fingerprint density at radius 3 is 2.83 bits per heavy atom. The maximum absolute atomic E-state index is 13.2. The zero-order chi connectivity index (χ0) is 13.2. The monoisotopic (exact) mass is 259 g/mol. The fourth-order valence-electron chi connectivity index (χ4n) is 2.23. The third-order valence-corrected chi connectivity index (χ3v) is 3.20. The highest BCUT2D eigenvalue weighted by Crippen LogP contribution is 2.36. The van der Waals surface area contributed by atoms with Crippen LogP contribution in [0.3, 0.4) is 0 Å². The van der Waals surface area contributed by atoms with Crippen molar-refractivity contribution in [2.45, 2.75) is 31.6 Å². The number of benzene rings is 1. The first-order chi connectivity index (χ1) is 8.46. The van der Waals surface area contributed by atoms with Crippen molar-refractivity contribution in [3.8, 4) is 5.75 Å². The predicted molar refractivity (Wildman–Crippen MR) is 63.2 cm³/mol. The lowest BCUT2D eigenvalue weighted by Crippen LogP contribution is -2.29. The van der Waals surface area contributed by atoms with E-state index in [1.54, 1.807) is 6.07 Å². The first-order valence-corrected chi connectivity index (χ1v) is 6.02. The van der Waals surface area contributed by atoms with Crippen LogP contribution < -0.4 is 10.5 Å². The normalized spacial score (nSPS) is 22.7. The molecule has 2 nitrogen and oxygen atoms in total. The molecule has 5 heteroatoms. The Labute approximate surface area is 104 Å². The average molecular weight is 259 g/mol. The van der Waals surface area contributed by atoms with E-state index < -0.39 is 11.7 Å². The molecule has 1 saturated carbocycles. The van der Waals surface area contributed by atoms with Crippen molar-refractivity contribution in [1.82, 2.24) is 0 Å². The molecule has 0 bridgehead atoms. The van der Waals surface area contributed by atoms with Gasteiger partial charge in [-0.3, -0.25) is 0 Å². The number of alkyl halides is 2. The Bertz CT molecular complexity index is 423. The summed E-state index contributed by atoms with van der Waals surface area (Å²) in [5, 5.41) is 0. The van der Waals surface area contributed by atoms with Crippen LogP contribution in [0.1, 0.15) is 25.7 Å². The number of hydrogen-bond donors (Lipinski definition) is 1. The van der Waals surface area contributed by atoms with Crippen LogP contribution >= 0.6 is 0 Å². The summed E-state index contributed by atoms with van der Waals surface area (Å²) in [7, 11) is 0. The lowest BCUT2D eigenvalue weighted by atomic mass is 9.87. The Morgan fingerprint density at radius 1 is 1.39 bits per heavy atom. The van der Waals surface area contributed by atoms with Gasteiger partial charge in [0.05, 0.1) is 12.3 Å². The van der Waals surface area contributed by atoms with E-state index in [1.165, 1.54) is 12.1 Å². The van der Waals surface area contributed by atoms with Gasteiger partial charge < -0.3 is 10.5 Å². The highest BCUT2D eigenvalue weighted by molar-refractivity contribution is 5.43. The molecule has 2 N–H and O–H groups in total. The van der Waals surface area contributed by atoms with Gasteiger partial charge in [-0.05, 0) is 30.9 Å². The number of hydrogen-bond acceptors (Lipinski definition) is 2. The molecule has 0 heterocycles. The molecule has 0 amide bonds. The molecule has 0 aliphatic heterocycles. The fourth-order valence-corrected chi connectivity index (χ4v) is 2.23. The van der Waals surface area contributed by atoms with E-state index >= 15 is 0 Å². The molecule has 2 rings (SSSR count). The van der Waals surface area contributed by atoms with Crippen LogP contribution in [0.25, 0.3) is 0 Å². The zero-order valence-corrected chi connectivity index (χ0v) is 9.96. The quantitative estimate of drug-likeness (QED) is 0.841. The Hall–Kier alpha value is -1.39. The molecule has 1 aromatic rings. The van der Waals surface area contributed by atoms with Gasteiger partial charge >= 0.3 is 0 Å². The maximum atomic E-state index is 13.2. The van der Waals surface area contributed by atoms with Crippen molar-refractivity contribution in [3.05, 3.63) is 24.0 Å². The predicted octanol–water partition coefficient (Wildman–Crippen LogP) is 3.61. The van der Waals surface area contributed by atoms with Gasteiger partial charge in [0, 0.05) is 18.9 Å². The molecule has 0 radical (unpaired) electrons. The van der Waals surface area contributed by atoms with Crippen molar-refractivity contribution in [3.63, 3.8) is 0 Å². The summed E-state index contributed by atoms with van der Waals surface area (Å²) in [6.07, 6.45) is 1.05. The SMILES string of the molecule is Nc1ccc(OCC2CCCC(F)(F)C2)cc1F. The standard InChI is InChI=1S/C13H16F3NO/c14-11-6-10(3-4-12(11)17)18-8-9-2-1-5-13(15,16)7-9/h3-4,6,9H,1-2,5,7-8,17H2. The van der Waals surface area contributed by atoms with Crippen LogP contribution in [0.4, 0.5) is 18.9 Å². The van der Waals surface area contributed by atoms with Crippen LogP contribution in [0.5, 0.6) is 5.75 Å². The number of anilines is 1. The van der Waals surface area contributed by atoms with Crippen molar-refractivity contribution in [2.75, 3.05) is 12.3 Å². The Balaban J connectivity index is 1.89. The van der Waals surface area contributed by atoms with Crippen LogP contribution in [0.15, 0.2) is 18.2 Å². The second-order valence-corrected chi connectivity index (χ2v) is 4.81. The average Bonchev–Trinajstić information content (AvgIpc) is 2.29. The van der Waals surface area contributed by atoms with Crippen LogP contribution in [-0.2, 0) is 0 Å². The smallest absolute Gasteiger partial charge is 0.248 e. The van der Waals surface area contributed by atoms with E-state index in [0.29, 0.717) is 12.2 Å². The van der Waals surface area contributed by atoms with E-state index in [1.807, 2.05) is 0 Å². The summed E-state index contributed by atoms with van der Waals surface area (Å²) >= 11 is 0. The number of nitrogens with two attached hydrogens (primary N) is 1. The minimum Gasteiger partial charge on any atom is -0.493 e. The first-order valence-electron chi connectivity index (χ1n) is 6.02. The van der Waals surface area contributed by atoms with Crippen LogP contribution in [-0.4, -0.2) is 12.5 Å². The molecule has 1 fully saturated rings. The summed E-state index contributed by atoms with van der Waals surface area (Å²) in [6, 6.07) is 4.12. The molecule has 18 heavy (non-hydrogen) atoms. The lowest BCUT2D eigenvalue weighted by molar-refractivity contribution is -0.0585. The first kappa shape index (κ1) is 13.1. The highest BCUT2D eigenvalue weighted by Gasteiger charge is 2.36. The Kier molecular flexibility index (Phi) is 3.68. The molecule has 1 aliphatic rings. The number of rotatable bonds is 3. The van der Waals surface area contributed by atoms with E-state index in [2.05, 4.69) is 0 Å². The number of halogens is 3. The van der Waals surface area contributed by atoms with Gasteiger partial charge in [0.2, 0.25) is 5.92 Å². The second-order valence-electron chi connectivity index (χ2n) is 4.81. The maximum Gasteiger partial charge on any atom is 0.248 e. The molecule has 0 spiro atoms. The van der Waals surface area contributed by atoms with E-state index in [4.69, 9.17) is 10.5 Å². The number of ether oxygens (including phenoxy) is 1. The molecule has 1 atom stereocenters. The van der Waals surface area contributed by atoms with Gasteiger partial charge in [0.15, 0.2) is 0 Å². The molecule has 1 unspecified atom stereocenters. The van der Waals surface area contributed by atoms with Gasteiger partial charge in [-0.2, -0.15) is 0 Å². The van der Waals surface area contributed by atoms with Crippen molar-refractivity contribution < 1.29 is 17.9 Å². The molecular formula is C13H16F3NO. The van der Waals surface area contributed by atoms with E-state index in [0.717, 1.165) is 6.42 Å². The van der Waals surface area contributed by atoms with Gasteiger partial charge in [-0.15, -0.1) is 0 Å². The van der Waals surface area contributed by atoms with E-state index in [9.17, 15) is 13.2 Å². The highest BCUT2D eigenvalue weighted by atomic mass is 19.3. The third kappa shape index (κ3) is 3.31. The van der Waals surface area contributed by atoms with Gasteiger partial charge in [-0.1, -0.05) is 0 Å².